The Morgan fingerprint density at radius 2 is 1.39 bits per heavy atom. The van der Waals surface area contributed by atoms with E-state index in [-0.39, 0.29) is 0 Å². The lowest BCUT2D eigenvalue weighted by Crippen LogP contribution is -2.09. The van der Waals surface area contributed by atoms with Gasteiger partial charge in [0.15, 0.2) is 6.29 Å². The van der Waals surface area contributed by atoms with E-state index in [1.165, 1.54) is 64.2 Å². The van der Waals surface area contributed by atoms with Gasteiger partial charge in [-0.3, -0.25) is 0 Å². The van der Waals surface area contributed by atoms with Crippen LogP contribution in [0.1, 0.15) is 90.4 Å². The van der Waals surface area contributed by atoms with E-state index < -0.39 is 6.29 Å². The van der Waals surface area contributed by atoms with Crippen molar-refractivity contribution >= 4 is 0 Å². The summed E-state index contributed by atoms with van der Waals surface area (Å²) in [6.07, 6.45) is 16.8. The van der Waals surface area contributed by atoms with Gasteiger partial charge in [0.25, 0.3) is 0 Å². The smallest absolute Gasteiger partial charge is 0.154 e. The van der Waals surface area contributed by atoms with E-state index in [1.807, 2.05) is 0 Å². The second kappa shape index (κ2) is 10.8. The summed E-state index contributed by atoms with van der Waals surface area (Å²) in [5.74, 6) is 0. The molecule has 0 amide bonds. The third-order valence-electron chi connectivity index (χ3n) is 3.96. The van der Waals surface area contributed by atoms with Crippen LogP contribution in [-0.2, 0) is 4.74 Å². The molecule has 0 radical (unpaired) electrons. The SMILES string of the molecule is CCCCCCCCCCCCC1CCC(O)O1. The molecular formula is C16H32O2. The summed E-state index contributed by atoms with van der Waals surface area (Å²) in [6.45, 7) is 2.27. The van der Waals surface area contributed by atoms with Gasteiger partial charge in [0.05, 0.1) is 6.10 Å². The maximum Gasteiger partial charge on any atom is 0.154 e. The summed E-state index contributed by atoms with van der Waals surface area (Å²) < 4.78 is 5.40. The van der Waals surface area contributed by atoms with Crippen molar-refractivity contribution in [3.05, 3.63) is 0 Å². The second-order valence-electron chi connectivity index (χ2n) is 5.76. The molecular weight excluding hydrogens is 224 g/mol. The minimum absolute atomic E-state index is 0.342. The fourth-order valence-corrected chi connectivity index (χ4v) is 2.76. The Bertz CT molecular complexity index is 182. The van der Waals surface area contributed by atoms with Crippen molar-refractivity contribution < 1.29 is 9.84 Å². The maximum atomic E-state index is 9.24. The number of unbranched alkanes of at least 4 members (excludes halogenated alkanes) is 9. The zero-order valence-corrected chi connectivity index (χ0v) is 12.2. The van der Waals surface area contributed by atoms with Gasteiger partial charge in [-0.05, 0) is 12.8 Å². The van der Waals surface area contributed by atoms with Crippen LogP contribution in [0.5, 0.6) is 0 Å². The van der Waals surface area contributed by atoms with Crippen molar-refractivity contribution in [1.82, 2.24) is 0 Å². The lowest BCUT2D eigenvalue weighted by Gasteiger charge is -2.09. The van der Waals surface area contributed by atoms with Gasteiger partial charge in [0.1, 0.15) is 0 Å². The Labute approximate surface area is 113 Å². The van der Waals surface area contributed by atoms with Crippen molar-refractivity contribution in [2.45, 2.75) is 103 Å². The standard InChI is InChI=1S/C16H32O2/c1-2-3-4-5-6-7-8-9-10-11-12-15-13-14-16(17)18-15/h15-17H,2-14H2,1H3. The monoisotopic (exact) mass is 256 g/mol. The molecule has 108 valence electrons. The highest BCUT2D eigenvalue weighted by molar-refractivity contribution is 4.67. The van der Waals surface area contributed by atoms with Crippen LogP contribution in [-0.4, -0.2) is 17.5 Å². The topological polar surface area (TPSA) is 29.5 Å². The fraction of sp³-hybridized carbons (Fsp3) is 1.00. The van der Waals surface area contributed by atoms with E-state index in [2.05, 4.69) is 6.92 Å². The van der Waals surface area contributed by atoms with Gasteiger partial charge < -0.3 is 9.84 Å². The summed E-state index contributed by atoms with van der Waals surface area (Å²) in [4.78, 5) is 0. The molecule has 2 nitrogen and oxygen atoms in total. The zero-order chi connectivity index (χ0) is 13.1. The summed E-state index contributed by atoms with van der Waals surface area (Å²) in [5.41, 5.74) is 0. The lowest BCUT2D eigenvalue weighted by molar-refractivity contribution is -0.0920. The van der Waals surface area contributed by atoms with E-state index in [4.69, 9.17) is 4.74 Å². The van der Waals surface area contributed by atoms with Crippen molar-refractivity contribution in [2.75, 3.05) is 0 Å². The van der Waals surface area contributed by atoms with Crippen LogP contribution in [0, 0.1) is 0 Å². The Hall–Kier alpha value is -0.0800. The van der Waals surface area contributed by atoms with Crippen LogP contribution < -0.4 is 0 Å². The highest BCUT2D eigenvalue weighted by Crippen LogP contribution is 2.22. The summed E-state index contributed by atoms with van der Waals surface area (Å²) in [7, 11) is 0. The minimum atomic E-state index is -0.474. The average Bonchev–Trinajstić information content (AvgIpc) is 2.77. The van der Waals surface area contributed by atoms with Gasteiger partial charge in [-0.2, -0.15) is 0 Å². The largest absolute Gasteiger partial charge is 0.368 e. The molecule has 0 bridgehead atoms. The molecule has 1 fully saturated rings. The number of aliphatic hydroxyl groups is 1. The van der Waals surface area contributed by atoms with Gasteiger partial charge in [-0.15, -0.1) is 0 Å². The summed E-state index contributed by atoms with van der Waals surface area (Å²) in [6, 6.07) is 0. The zero-order valence-electron chi connectivity index (χ0n) is 12.2. The number of hydrogen-bond donors (Lipinski definition) is 1. The van der Waals surface area contributed by atoms with Crippen LogP contribution in [0.15, 0.2) is 0 Å². The molecule has 1 rings (SSSR count). The van der Waals surface area contributed by atoms with Crippen LogP contribution in [0.25, 0.3) is 0 Å². The highest BCUT2D eigenvalue weighted by Gasteiger charge is 2.22. The molecule has 1 N–H and O–H groups in total. The molecule has 0 aromatic heterocycles. The molecule has 2 heteroatoms. The molecule has 2 unspecified atom stereocenters. The molecule has 1 aliphatic rings. The van der Waals surface area contributed by atoms with Crippen molar-refractivity contribution in [3.63, 3.8) is 0 Å². The summed E-state index contributed by atoms with van der Waals surface area (Å²) in [5, 5.41) is 9.24. The number of hydrogen-bond acceptors (Lipinski definition) is 2. The van der Waals surface area contributed by atoms with Crippen LogP contribution in [0.3, 0.4) is 0 Å². The molecule has 2 atom stereocenters. The molecule has 0 saturated carbocycles. The lowest BCUT2D eigenvalue weighted by atomic mass is 10.0. The third-order valence-corrected chi connectivity index (χ3v) is 3.96. The molecule has 1 heterocycles. The first kappa shape index (κ1) is 16.0. The molecule has 0 aromatic rings. The Morgan fingerprint density at radius 3 is 1.89 bits per heavy atom. The fourth-order valence-electron chi connectivity index (χ4n) is 2.76. The van der Waals surface area contributed by atoms with Crippen LogP contribution in [0.2, 0.25) is 0 Å². The van der Waals surface area contributed by atoms with Gasteiger partial charge >= 0.3 is 0 Å². The second-order valence-corrected chi connectivity index (χ2v) is 5.76. The van der Waals surface area contributed by atoms with E-state index in [0.29, 0.717) is 6.10 Å². The predicted octanol–water partition coefficient (Wildman–Crippen LogP) is 4.79. The highest BCUT2D eigenvalue weighted by atomic mass is 16.6. The number of ether oxygens (including phenoxy) is 1. The summed E-state index contributed by atoms with van der Waals surface area (Å²) >= 11 is 0. The van der Waals surface area contributed by atoms with Crippen LogP contribution >= 0.6 is 0 Å². The molecule has 0 spiro atoms. The van der Waals surface area contributed by atoms with E-state index in [9.17, 15) is 5.11 Å². The van der Waals surface area contributed by atoms with Gasteiger partial charge in [0.2, 0.25) is 0 Å². The van der Waals surface area contributed by atoms with Gasteiger partial charge in [0, 0.05) is 6.42 Å². The Morgan fingerprint density at radius 1 is 0.833 bits per heavy atom. The molecule has 0 aromatic carbocycles. The normalized spacial score (nSPS) is 23.7. The molecule has 1 saturated heterocycles. The van der Waals surface area contributed by atoms with Crippen molar-refractivity contribution in [3.8, 4) is 0 Å². The van der Waals surface area contributed by atoms with Crippen molar-refractivity contribution in [1.29, 1.82) is 0 Å². The number of rotatable bonds is 11. The van der Waals surface area contributed by atoms with E-state index >= 15 is 0 Å². The maximum absolute atomic E-state index is 9.24. The Kier molecular flexibility index (Phi) is 9.59. The van der Waals surface area contributed by atoms with Gasteiger partial charge in [-0.1, -0.05) is 71.1 Å². The number of aliphatic hydroxyl groups excluding tert-OH is 1. The minimum Gasteiger partial charge on any atom is -0.368 e. The van der Waals surface area contributed by atoms with Crippen LogP contribution in [0.4, 0.5) is 0 Å². The molecule has 1 aliphatic heterocycles. The molecule has 18 heavy (non-hydrogen) atoms. The Balaban J connectivity index is 1.73. The quantitative estimate of drug-likeness (QED) is 0.538. The first-order valence-corrected chi connectivity index (χ1v) is 8.16. The van der Waals surface area contributed by atoms with E-state index in [0.717, 1.165) is 19.3 Å². The van der Waals surface area contributed by atoms with Gasteiger partial charge in [-0.25, -0.2) is 0 Å². The first-order valence-electron chi connectivity index (χ1n) is 8.16. The van der Waals surface area contributed by atoms with Crippen molar-refractivity contribution in [2.24, 2.45) is 0 Å². The average molecular weight is 256 g/mol. The molecule has 0 aliphatic carbocycles. The first-order chi connectivity index (χ1) is 8.83. The van der Waals surface area contributed by atoms with E-state index in [1.54, 1.807) is 0 Å². The third kappa shape index (κ3) is 8.10. The predicted molar refractivity (Wildman–Crippen MR) is 76.6 cm³/mol.